The molecule has 6 heteroatoms. The molecule has 108 valence electrons. The number of hydrogen-bond acceptors (Lipinski definition) is 3. The van der Waals surface area contributed by atoms with Crippen molar-refractivity contribution in [1.82, 2.24) is 5.32 Å². The van der Waals surface area contributed by atoms with Crippen LogP contribution in [0.25, 0.3) is 0 Å². The zero-order chi connectivity index (χ0) is 13.4. The minimum absolute atomic E-state index is 0. The van der Waals surface area contributed by atoms with Crippen molar-refractivity contribution < 1.29 is 9.59 Å². The molecule has 0 aromatic heterocycles. The van der Waals surface area contributed by atoms with Crippen LogP contribution in [0.2, 0.25) is 0 Å². The maximum atomic E-state index is 11.7. The smallest absolute Gasteiger partial charge is 0.240 e. The summed E-state index contributed by atoms with van der Waals surface area (Å²) in [7, 11) is 0. The number of unbranched alkanes of at least 4 members (excludes halogenated alkanes) is 1. The van der Waals surface area contributed by atoms with Crippen molar-refractivity contribution >= 4 is 24.2 Å². The molecule has 18 heavy (non-hydrogen) atoms. The first-order chi connectivity index (χ1) is 7.88. The lowest BCUT2D eigenvalue weighted by atomic mass is 10.0. The van der Waals surface area contributed by atoms with Gasteiger partial charge in [0.15, 0.2) is 0 Å². The second-order valence-corrected chi connectivity index (χ2v) is 4.84. The van der Waals surface area contributed by atoms with Crippen LogP contribution in [0.5, 0.6) is 0 Å². The van der Waals surface area contributed by atoms with E-state index in [4.69, 9.17) is 11.5 Å². The summed E-state index contributed by atoms with van der Waals surface area (Å²) in [4.78, 5) is 22.9. The topological polar surface area (TPSA) is 98.2 Å². The van der Waals surface area contributed by atoms with Crippen LogP contribution < -0.4 is 16.8 Å². The quantitative estimate of drug-likeness (QED) is 0.617. The van der Waals surface area contributed by atoms with Gasteiger partial charge >= 0.3 is 0 Å². The monoisotopic (exact) mass is 279 g/mol. The minimum Gasteiger partial charge on any atom is -0.368 e. The van der Waals surface area contributed by atoms with Crippen LogP contribution in [0.3, 0.4) is 0 Å². The number of nitrogens with two attached hydrogens (primary N) is 2. The van der Waals surface area contributed by atoms with Gasteiger partial charge in [0.25, 0.3) is 0 Å². The van der Waals surface area contributed by atoms with E-state index in [1.807, 2.05) is 20.8 Å². The van der Waals surface area contributed by atoms with Gasteiger partial charge < -0.3 is 16.8 Å². The van der Waals surface area contributed by atoms with Crippen LogP contribution in [0.4, 0.5) is 0 Å². The molecule has 0 aliphatic heterocycles. The largest absolute Gasteiger partial charge is 0.368 e. The van der Waals surface area contributed by atoms with E-state index < -0.39 is 18.0 Å². The third-order valence-electron chi connectivity index (χ3n) is 2.57. The van der Waals surface area contributed by atoms with Crippen molar-refractivity contribution in [3.63, 3.8) is 0 Å². The zero-order valence-corrected chi connectivity index (χ0v) is 12.3. The number of carbonyl (C=O) groups excluding carboxylic acids is 2. The summed E-state index contributed by atoms with van der Waals surface area (Å²) in [5.41, 5.74) is 11.0. The summed E-state index contributed by atoms with van der Waals surface area (Å²) < 4.78 is 0. The lowest BCUT2D eigenvalue weighted by Crippen LogP contribution is -2.50. The lowest BCUT2D eigenvalue weighted by molar-refractivity contribution is -0.128. The molecule has 0 aromatic rings. The predicted molar refractivity (Wildman–Crippen MR) is 75.3 cm³/mol. The number of amides is 2. The number of hydrogen-bond donors (Lipinski definition) is 3. The van der Waals surface area contributed by atoms with Crippen molar-refractivity contribution in [3.05, 3.63) is 0 Å². The molecule has 0 aromatic carbocycles. The Morgan fingerprint density at radius 1 is 1.28 bits per heavy atom. The van der Waals surface area contributed by atoms with Crippen LogP contribution in [0.15, 0.2) is 0 Å². The highest BCUT2D eigenvalue weighted by Crippen LogP contribution is 2.05. The summed E-state index contributed by atoms with van der Waals surface area (Å²) in [6, 6.07) is -1.17. The second-order valence-electron chi connectivity index (χ2n) is 4.84. The van der Waals surface area contributed by atoms with E-state index in [-0.39, 0.29) is 18.3 Å². The van der Waals surface area contributed by atoms with E-state index >= 15 is 0 Å². The fourth-order valence-electron chi connectivity index (χ4n) is 1.59. The Bertz CT molecular complexity index is 260. The Labute approximate surface area is 115 Å². The molecule has 0 radical (unpaired) electrons. The van der Waals surface area contributed by atoms with Crippen LogP contribution >= 0.6 is 12.4 Å². The van der Waals surface area contributed by atoms with E-state index in [2.05, 4.69) is 5.32 Å². The van der Waals surface area contributed by atoms with E-state index in [1.165, 1.54) is 0 Å². The highest BCUT2D eigenvalue weighted by atomic mass is 35.5. The lowest BCUT2D eigenvalue weighted by Gasteiger charge is -2.19. The number of rotatable bonds is 8. The maximum Gasteiger partial charge on any atom is 0.240 e. The van der Waals surface area contributed by atoms with Crippen LogP contribution in [-0.2, 0) is 9.59 Å². The number of nitrogens with one attached hydrogen (secondary N) is 1. The van der Waals surface area contributed by atoms with Crippen molar-refractivity contribution in [3.8, 4) is 0 Å². The predicted octanol–water partition coefficient (Wildman–Crippen LogP) is 0.942. The van der Waals surface area contributed by atoms with Crippen LogP contribution in [0, 0.1) is 5.92 Å². The highest BCUT2D eigenvalue weighted by molar-refractivity contribution is 5.88. The fraction of sp³-hybridized carbons (Fsp3) is 0.833. The van der Waals surface area contributed by atoms with E-state index in [1.54, 1.807) is 0 Å². The minimum atomic E-state index is -0.597. The molecule has 5 nitrogen and oxygen atoms in total. The first kappa shape index (κ1) is 19.5. The average Bonchev–Trinajstić information content (AvgIpc) is 2.22. The first-order valence-corrected chi connectivity index (χ1v) is 6.23. The van der Waals surface area contributed by atoms with E-state index in [0.29, 0.717) is 18.8 Å². The molecule has 2 amide bonds. The fourth-order valence-corrected chi connectivity index (χ4v) is 1.59. The summed E-state index contributed by atoms with van der Waals surface area (Å²) >= 11 is 0. The normalized spacial score (nSPS) is 13.6. The van der Waals surface area contributed by atoms with Gasteiger partial charge in [-0.15, -0.1) is 12.4 Å². The van der Waals surface area contributed by atoms with Gasteiger partial charge in [-0.05, 0) is 18.8 Å². The molecule has 5 N–H and O–H groups in total. The standard InChI is InChI=1S/C12H25N3O2.ClH/c1-4-5-6-10(11(14)16)15-12(17)9(13)7-8(2)3;/h8-10H,4-7,13H2,1-3H3,(H2,14,16)(H,15,17);1H. The van der Waals surface area contributed by atoms with Crippen molar-refractivity contribution in [1.29, 1.82) is 0 Å². The van der Waals surface area contributed by atoms with Crippen LogP contribution in [0.1, 0.15) is 46.5 Å². The molecule has 2 atom stereocenters. The molecule has 0 aliphatic carbocycles. The van der Waals surface area contributed by atoms with Gasteiger partial charge in [-0.3, -0.25) is 9.59 Å². The second kappa shape index (κ2) is 10.1. The Hall–Kier alpha value is -0.810. The first-order valence-electron chi connectivity index (χ1n) is 6.23. The number of primary amides is 1. The Kier molecular flexibility index (Phi) is 11.0. The van der Waals surface area contributed by atoms with Gasteiger partial charge in [0.05, 0.1) is 6.04 Å². The average molecular weight is 280 g/mol. The molecular weight excluding hydrogens is 254 g/mol. The summed E-state index contributed by atoms with van der Waals surface area (Å²) in [6.45, 7) is 6.01. The third kappa shape index (κ3) is 8.31. The highest BCUT2D eigenvalue weighted by Gasteiger charge is 2.21. The molecule has 0 fully saturated rings. The molecule has 0 saturated carbocycles. The third-order valence-corrected chi connectivity index (χ3v) is 2.57. The maximum absolute atomic E-state index is 11.7. The summed E-state index contributed by atoms with van der Waals surface area (Å²) in [6.07, 6.45) is 2.99. The van der Waals surface area contributed by atoms with Crippen molar-refractivity contribution in [2.75, 3.05) is 0 Å². The Balaban J connectivity index is 0. The van der Waals surface area contributed by atoms with E-state index in [0.717, 1.165) is 12.8 Å². The molecule has 0 bridgehead atoms. The van der Waals surface area contributed by atoms with Crippen molar-refractivity contribution in [2.45, 2.75) is 58.5 Å². The Morgan fingerprint density at radius 3 is 2.22 bits per heavy atom. The van der Waals surface area contributed by atoms with Gasteiger partial charge in [-0.1, -0.05) is 33.6 Å². The van der Waals surface area contributed by atoms with Gasteiger partial charge in [0.1, 0.15) is 6.04 Å². The van der Waals surface area contributed by atoms with Gasteiger partial charge in [0, 0.05) is 0 Å². The van der Waals surface area contributed by atoms with Gasteiger partial charge in [-0.25, -0.2) is 0 Å². The van der Waals surface area contributed by atoms with Crippen molar-refractivity contribution in [2.24, 2.45) is 17.4 Å². The molecule has 2 unspecified atom stereocenters. The molecule has 0 heterocycles. The molecule has 0 aliphatic rings. The molecule has 0 rings (SSSR count). The van der Waals surface area contributed by atoms with E-state index in [9.17, 15) is 9.59 Å². The number of carbonyl (C=O) groups is 2. The van der Waals surface area contributed by atoms with Crippen LogP contribution in [-0.4, -0.2) is 23.9 Å². The molecular formula is C12H26ClN3O2. The summed E-state index contributed by atoms with van der Waals surface area (Å²) in [5, 5.41) is 2.62. The zero-order valence-electron chi connectivity index (χ0n) is 11.4. The summed E-state index contributed by atoms with van der Waals surface area (Å²) in [5.74, 6) is -0.444. The molecule has 0 saturated heterocycles. The Morgan fingerprint density at radius 2 is 1.83 bits per heavy atom. The number of halogens is 1. The van der Waals surface area contributed by atoms with Gasteiger partial charge in [0.2, 0.25) is 11.8 Å². The molecule has 0 spiro atoms. The SMILES string of the molecule is CCCCC(NC(=O)C(N)CC(C)C)C(N)=O.Cl. The van der Waals surface area contributed by atoms with Gasteiger partial charge in [-0.2, -0.15) is 0 Å².